The second-order valence-electron chi connectivity index (χ2n) is 6.61. The number of para-hydroxylation sites is 1. The van der Waals surface area contributed by atoms with Crippen molar-refractivity contribution in [2.24, 2.45) is 0 Å². The largest absolute Gasteiger partial charge is 0.493 e. The van der Waals surface area contributed by atoms with Gasteiger partial charge in [0.25, 0.3) is 0 Å². The lowest BCUT2D eigenvalue weighted by atomic mass is 10.0. The number of aromatic nitrogens is 1. The van der Waals surface area contributed by atoms with E-state index in [-0.39, 0.29) is 5.91 Å². The standard InChI is InChI=1S/C23H24N2O2S/c1-4-27-21-8-6-5-7-19(21)20-15-28-23(24-20)25-22(26)14-11-17-9-12-18(13-10-17)16(2)3/h5-16H,4H2,1-3H3,(H,24,25,26)/b14-11+. The quantitative estimate of drug-likeness (QED) is 0.503. The van der Waals surface area contributed by atoms with Gasteiger partial charge in [0.1, 0.15) is 5.75 Å². The summed E-state index contributed by atoms with van der Waals surface area (Å²) < 4.78 is 5.66. The van der Waals surface area contributed by atoms with Crippen LogP contribution in [0.4, 0.5) is 5.13 Å². The molecule has 0 spiro atoms. The van der Waals surface area contributed by atoms with Gasteiger partial charge in [-0.15, -0.1) is 11.3 Å². The average molecular weight is 393 g/mol. The number of nitrogens with zero attached hydrogens (tertiary/aromatic N) is 1. The molecule has 0 bridgehead atoms. The van der Waals surface area contributed by atoms with Crippen LogP contribution in [-0.2, 0) is 4.79 Å². The summed E-state index contributed by atoms with van der Waals surface area (Å²) in [5.74, 6) is 1.08. The summed E-state index contributed by atoms with van der Waals surface area (Å²) in [4.78, 5) is 16.7. The van der Waals surface area contributed by atoms with Gasteiger partial charge in [0.05, 0.1) is 12.3 Å². The molecule has 28 heavy (non-hydrogen) atoms. The molecular formula is C23H24N2O2S. The molecule has 4 nitrogen and oxygen atoms in total. The molecule has 3 aromatic rings. The van der Waals surface area contributed by atoms with Crippen LogP contribution in [0.2, 0.25) is 0 Å². The van der Waals surface area contributed by atoms with Crippen molar-refractivity contribution >= 4 is 28.5 Å². The topological polar surface area (TPSA) is 51.2 Å². The highest BCUT2D eigenvalue weighted by molar-refractivity contribution is 7.14. The lowest BCUT2D eigenvalue weighted by molar-refractivity contribution is -0.111. The Morgan fingerprint density at radius 3 is 2.64 bits per heavy atom. The van der Waals surface area contributed by atoms with Crippen molar-refractivity contribution in [2.75, 3.05) is 11.9 Å². The maximum atomic E-state index is 12.2. The molecule has 0 saturated heterocycles. The number of nitrogens with one attached hydrogen (secondary N) is 1. The van der Waals surface area contributed by atoms with Crippen LogP contribution in [0.3, 0.4) is 0 Å². The van der Waals surface area contributed by atoms with Crippen molar-refractivity contribution in [1.82, 2.24) is 4.98 Å². The molecule has 0 unspecified atom stereocenters. The summed E-state index contributed by atoms with van der Waals surface area (Å²) in [6.07, 6.45) is 3.33. The van der Waals surface area contributed by atoms with E-state index < -0.39 is 0 Å². The Morgan fingerprint density at radius 1 is 1.18 bits per heavy atom. The van der Waals surface area contributed by atoms with Crippen LogP contribution in [0.5, 0.6) is 5.75 Å². The molecule has 0 atom stereocenters. The van der Waals surface area contributed by atoms with Crippen LogP contribution in [0.15, 0.2) is 60.0 Å². The summed E-state index contributed by atoms with van der Waals surface area (Å²) >= 11 is 1.39. The Kier molecular flexibility index (Phi) is 6.61. The van der Waals surface area contributed by atoms with Crippen LogP contribution >= 0.6 is 11.3 Å². The van der Waals surface area contributed by atoms with Crippen LogP contribution in [0, 0.1) is 0 Å². The van der Waals surface area contributed by atoms with E-state index in [1.54, 1.807) is 6.08 Å². The van der Waals surface area contributed by atoms with E-state index in [2.05, 4.69) is 36.3 Å². The average Bonchev–Trinajstić information content (AvgIpc) is 3.15. The van der Waals surface area contributed by atoms with Crippen LogP contribution in [0.1, 0.15) is 37.8 Å². The molecular weight excluding hydrogens is 368 g/mol. The maximum Gasteiger partial charge on any atom is 0.250 e. The van der Waals surface area contributed by atoms with Crippen molar-refractivity contribution in [3.63, 3.8) is 0 Å². The van der Waals surface area contributed by atoms with Crippen molar-refractivity contribution in [3.05, 3.63) is 71.1 Å². The second kappa shape index (κ2) is 9.33. The van der Waals surface area contributed by atoms with Gasteiger partial charge in [-0.2, -0.15) is 0 Å². The highest BCUT2D eigenvalue weighted by atomic mass is 32.1. The van der Waals surface area contributed by atoms with Gasteiger partial charge in [-0.25, -0.2) is 4.98 Å². The molecule has 0 aliphatic heterocycles. The van der Waals surface area contributed by atoms with Crippen LogP contribution < -0.4 is 10.1 Å². The fourth-order valence-corrected chi connectivity index (χ4v) is 3.44. The first kappa shape index (κ1) is 19.8. The van der Waals surface area contributed by atoms with Gasteiger partial charge >= 0.3 is 0 Å². The fraction of sp³-hybridized carbons (Fsp3) is 0.217. The number of thiazole rings is 1. The number of benzene rings is 2. The Morgan fingerprint density at radius 2 is 1.93 bits per heavy atom. The smallest absolute Gasteiger partial charge is 0.250 e. The van der Waals surface area contributed by atoms with E-state index in [0.29, 0.717) is 17.7 Å². The maximum absolute atomic E-state index is 12.2. The summed E-state index contributed by atoms with van der Waals surface area (Å²) in [6, 6.07) is 16.0. The zero-order chi connectivity index (χ0) is 19.9. The number of hydrogen-bond acceptors (Lipinski definition) is 4. The Labute approximate surface area is 169 Å². The van der Waals surface area contributed by atoms with E-state index >= 15 is 0 Å². The van der Waals surface area contributed by atoms with Crippen molar-refractivity contribution in [3.8, 4) is 17.0 Å². The molecule has 0 saturated carbocycles. The Hall–Kier alpha value is -2.92. The van der Waals surface area contributed by atoms with Gasteiger partial charge in [0.2, 0.25) is 5.91 Å². The summed E-state index contributed by atoms with van der Waals surface area (Å²) in [7, 11) is 0. The third-order valence-electron chi connectivity index (χ3n) is 4.23. The second-order valence-corrected chi connectivity index (χ2v) is 7.47. The molecule has 0 aliphatic carbocycles. The first-order valence-corrected chi connectivity index (χ1v) is 10.2. The molecule has 5 heteroatoms. The lowest BCUT2D eigenvalue weighted by Crippen LogP contribution is -2.07. The van der Waals surface area contributed by atoms with Gasteiger partial charge in [0.15, 0.2) is 5.13 Å². The fourth-order valence-electron chi connectivity index (χ4n) is 2.73. The van der Waals surface area contributed by atoms with E-state index in [1.165, 1.54) is 23.0 Å². The molecule has 0 aliphatic rings. The predicted octanol–water partition coefficient (Wildman–Crippen LogP) is 5.98. The van der Waals surface area contributed by atoms with E-state index in [1.807, 2.05) is 48.7 Å². The number of amides is 1. The zero-order valence-electron chi connectivity index (χ0n) is 16.3. The normalized spacial score (nSPS) is 11.1. The number of hydrogen-bond donors (Lipinski definition) is 1. The van der Waals surface area contributed by atoms with Crippen molar-refractivity contribution < 1.29 is 9.53 Å². The molecule has 2 aromatic carbocycles. The van der Waals surface area contributed by atoms with Crippen molar-refractivity contribution in [2.45, 2.75) is 26.7 Å². The Balaban J connectivity index is 1.65. The molecule has 0 radical (unpaired) electrons. The zero-order valence-corrected chi connectivity index (χ0v) is 17.1. The summed E-state index contributed by atoms with van der Waals surface area (Å²) in [5, 5.41) is 5.30. The van der Waals surface area contributed by atoms with Crippen LogP contribution in [0.25, 0.3) is 17.3 Å². The number of anilines is 1. The van der Waals surface area contributed by atoms with Gasteiger partial charge in [0, 0.05) is 17.0 Å². The minimum absolute atomic E-state index is 0.202. The first-order valence-electron chi connectivity index (χ1n) is 9.33. The van der Waals surface area contributed by atoms with Crippen molar-refractivity contribution in [1.29, 1.82) is 0 Å². The predicted molar refractivity (Wildman–Crippen MR) is 117 cm³/mol. The van der Waals surface area contributed by atoms with Crippen LogP contribution in [-0.4, -0.2) is 17.5 Å². The third kappa shape index (κ3) is 5.08. The molecule has 1 aromatic heterocycles. The van der Waals surface area contributed by atoms with E-state index in [0.717, 1.165) is 22.6 Å². The molecule has 144 valence electrons. The molecule has 1 amide bonds. The third-order valence-corrected chi connectivity index (χ3v) is 4.99. The molecule has 1 N–H and O–H groups in total. The first-order chi connectivity index (χ1) is 13.6. The monoisotopic (exact) mass is 392 g/mol. The summed E-state index contributed by atoms with van der Waals surface area (Å²) in [5.41, 5.74) is 3.98. The van der Waals surface area contributed by atoms with Gasteiger partial charge in [-0.05, 0) is 42.2 Å². The highest BCUT2D eigenvalue weighted by Gasteiger charge is 2.10. The SMILES string of the molecule is CCOc1ccccc1-c1csc(NC(=O)/C=C/c2ccc(C(C)C)cc2)n1. The van der Waals surface area contributed by atoms with Gasteiger partial charge < -0.3 is 4.74 Å². The number of rotatable bonds is 7. The highest BCUT2D eigenvalue weighted by Crippen LogP contribution is 2.32. The minimum Gasteiger partial charge on any atom is -0.493 e. The number of ether oxygens (including phenoxy) is 1. The molecule has 3 rings (SSSR count). The Bertz CT molecular complexity index is 959. The molecule has 1 heterocycles. The number of carbonyl (C=O) groups excluding carboxylic acids is 1. The molecule has 0 fully saturated rings. The van der Waals surface area contributed by atoms with E-state index in [9.17, 15) is 4.79 Å². The van der Waals surface area contributed by atoms with Gasteiger partial charge in [-0.1, -0.05) is 50.2 Å². The number of carbonyl (C=O) groups is 1. The van der Waals surface area contributed by atoms with Gasteiger partial charge in [-0.3, -0.25) is 10.1 Å². The minimum atomic E-state index is -0.202. The summed E-state index contributed by atoms with van der Waals surface area (Å²) in [6.45, 7) is 6.86. The van der Waals surface area contributed by atoms with E-state index in [4.69, 9.17) is 4.74 Å². The lowest BCUT2D eigenvalue weighted by Gasteiger charge is -2.07.